The van der Waals surface area contributed by atoms with E-state index in [0.717, 1.165) is 26.1 Å². The zero-order valence-electron chi connectivity index (χ0n) is 8.20. The van der Waals surface area contributed by atoms with Gasteiger partial charge in [0.2, 0.25) is 5.91 Å². The highest BCUT2D eigenvalue weighted by Crippen LogP contribution is 2.14. The van der Waals surface area contributed by atoms with E-state index in [4.69, 9.17) is 11.5 Å². The molecule has 0 saturated carbocycles. The number of primary amides is 1. The lowest BCUT2D eigenvalue weighted by atomic mass is 9.96. The van der Waals surface area contributed by atoms with Gasteiger partial charge in [-0.05, 0) is 12.3 Å². The third-order valence-corrected chi connectivity index (χ3v) is 2.44. The number of hydrogen-bond acceptors (Lipinski definition) is 3. The van der Waals surface area contributed by atoms with Crippen molar-refractivity contribution in [1.82, 2.24) is 4.90 Å². The number of hydrogen-bond donors (Lipinski definition) is 2. The fraction of sp³-hybridized carbons (Fsp3) is 0.889. The molecule has 0 aromatic heterocycles. The zero-order valence-corrected chi connectivity index (χ0v) is 8.20. The Morgan fingerprint density at radius 3 is 2.77 bits per heavy atom. The fourth-order valence-electron chi connectivity index (χ4n) is 1.96. The minimum absolute atomic E-state index is 0.230. The summed E-state index contributed by atoms with van der Waals surface area (Å²) in [5, 5.41) is 0. The number of nitrogens with two attached hydrogens (primary N) is 2. The maximum atomic E-state index is 10.6. The van der Waals surface area contributed by atoms with E-state index in [1.807, 2.05) is 0 Å². The van der Waals surface area contributed by atoms with Crippen molar-refractivity contribution in [3.8, 4) is 0 Å². The minimum atomic E-state index is -0.230. The Morgan fingerprint density at radius 1 is 1.54 bits per heavy atom. The lowest BCUT2D eigenvalue weighted by Crippen LogP contribution is -2.47. The molecule has 1 aliphatic rings. The summed E-state index contributed by atoms with van der Waals surface area (Å²) in [6.45, 7) is 4.89. The van der Waals surface area contributed by atoms with Crippen molar-refractivity contribution in [2.24, 2.45) is 17.4 Å². The van der Waals surface area contributed by atoms with Crippen LogP contribution in [0.15, 0.2) is 0 Å². The van der Waals surface area contributed by atoms with E-state index in [9.17, 15) is 4.79 Å². The van der Waals surface area contributed by atoms with Crippen molar-refractivity contribution < 1.29 is 4.79 Å². The topological polar surface area (TPSA) is 72.3 Å². The molecule has 0 aromatic rings. The molecule has 0 aromatic carbocycles. The van der Waals surface area contributed by atoms with Gasteiger partial charge in [0.15, 0.2) is 0 Å². The molecular formula is C9H19N3O. The second kappa shape index (κ2) is 4.58. The van der Waals surface area contributed by atoms with Crippen LogP contribution in [-0.2, 0) is 4.79 Å². The minimum Gasteiger partial charge on any atom is -0.370 e. The Kier molecular flexibility index (Phi) is 3.69. The molecule has 4 nitrogen and oxygen atoms in total. The SMILES string of the molecule is CC1CC(N)CN(CCC(N)=O)C1. The molecular weight excluding hydrogens is 166 g/mol. The van der Waals surface area contributed by atoms with Crippen LogP contribution >= 0.6 is 0 Å². The number of carbonyl (C=O) groups is 1. The monoisotopic (exact) mass is 185 g/mol. The number of rotatable bonds is 3. The number of amides is 1. The normalized spacial score (nSPS) is 30.3. The van der Waals surface area contributed by atoms with Crippen molar-refractivity contribution in [3.63, 3.8) is 0 Å². The van der Waals surface area contributed by atoms with E-state index in [0.29, 0.717) is 12.3 Å². The number of nitrogens with zero attached hydrogens (tertiary/aromatic N) is 1. The summed E-state index contributed by atoms with van der Waals surface area (Å²) in [6, 6.07) is 0.261. The second-order valence-electron chi connectivity index (χ2n) is 4.08. The van der Waals surface area contributed by atoms with E-state index in [2.05, 4.69) is 11.8 Å². The van der Waals surface area contributed by atoms with Crippen LogP contribution in [0.2, 0.25) is 0 Å². The van der Waals surface area contributed by atoms with Gasteiger partial charge >= 0.3 is 0 Å². The number of piperidine rings is 1. The average Bonchev–Trinajstić information content (AvgIpc) is 1.99. The lowest BCUT2D eigenvalue weighted by Gasteiger charge is -2.34. The fourth-order valence-corrected chi connectivity index (χ4v) is 1.96. The van der Waals surface area contributed by atoms with E-state index < -0.39 is 0 Å². The summed E-state index contributed by atoms with van der Waals surface area (Å²) in [6.07, 6.45) is 1.53. The molecule has 4 heteroatoms. The van der Waals surface area contributed by atoms with Gasteiger partial charge in [0.1, 0.15) is 0 Å². The number of likely N-dealkylation sites (tertiary alicyclic amines) is 1. The molecule has 0 radical (unpaired) electrons. The van der Waals surface area contributed by atoms with Gasteiger partial charge in [-0.3, -0.25) is 4.79 Å². The third-order valence-electron chi connectivity index (χ3n) is 2.44. The molecule has 1 aliphatic heterocycles. The summed E-state index contributed by atoms with van der Waals surface area (Å²) >= 11 is 0. The maximum absolute atomic E-state index is 10.6. The van der Waals surface area contributed by atoms with Gasteiger partial charge in [-0.15, -0.1) is 0 Å². The zero-order chi connectivity index (χ0) is 9.84. The Balaban J connectivity index is 2.28. The predicted molar refractivity (Wildman–Crippen MR) is 52.0 cm³/mol. The van der Waals surface area contributed by atoms with Gasteiger partial charge < -0.3 is 16.4 Å². The smallest absolute Gasteiger partial charge is 0.218 e. The van der Waals surface area contributed by atoms with Gasteiger partial charge in [0, 0.05) is 32.1 Å². The van der Waals surface area contributed by atoms with Gasteiger partial charge in [0.05, 0.1) is 0 Å². The van der Waals surface area contributed by atoms with Crippen molar-refractivity contribution in [1.29, 1.82) is 0 Å². The van der Waals surface area contributed by atoms with Crippen LogP contribution in [-0.4, -0.2) is 36.5 Å². The van der Waals surface area contributed by atoms with E-state index in [-0.39, 0.29) is 11.9 Å². The standard InChI is InChI=1S/C9H19N3O/c1-7-4-8(10)6-12(5-7)3-2-9(11)13/h7-8H,2-6,10H2,1H3,(H2,11,13). The molecule has 0 aliphatic carbocycles. The molecule has 0 bridgehead atoms. The Hall–Kier alpha value is -0.610. The molecule has 1 rings (SSSR count). The highest BCUT2D eigenvalue weighted by molar-refractivity contribution is 5.73. The van der Waals surface area contributed by atoms with Crippen LogP contribution in [0.3, 0.4) is 0 Å². The largest absolute Gasteiger partial charge is 0.370 e. The van der Waals surface area contributed by atoms with Gasteiger partial charge in [-0.2, -0.15) is 0 Å². The lowest BCUT2D eigenvalue weighted by molar-refractivity contribution is -0.118. The molecule has 1 heterocycles. The first-order chi connectivity index (χ1) is 6.08. The third kappa shape index (κ3) is 3.74. The summed E-state index contributed by atoms with van der Waals surface area (Å²) in [5.41, 5.74) is 10.9. The summed E-state index contributed by atoms with van der Waals surface area (Å²) in [5.74, 6) is 0.406. The summed E-state index contributed by atoms with van der Waals surface area (Å²) in [4.78, 5) is 12.8. The summed E-state index contributed by atoms with van der Waals surface area (Å²) in [7, 11) is 0. The van der Waals surface area contributed by atoms with Crippen LogP contribution in [0.4, 0.5) is 0 Å². The summed E-state index contributed by atoms with van der Waals surface area (Å²) < 4.78 is 0. The molecule has 0 spiro atoms. The molecule has 4 N–H and O–H groups in total. The van der Waals surface area contributed by atoms with E-state index in [1.54, 1.807) is 0 Å². The van der Waals surface area contributed by atoms with Gasteiger partial charge in [-0.1, -0.05) is 6.92 Å². The average molecular weight is 185 g/mol. The highest BCUT2D eigenvalue weighted by atomic mass is 16.1. The molecule has 1 saturated heterocycles. The first-order valence-corrected chi connectivity index (χ1v) is 4.84. The molecule has 1 amide bonds. The Labute approximate surface area is 79.3 Å². The van der Waals surface area contributed by atoms with E-state index in [1.165, 1.54) is 0 Å². The van der Waals surface area contributed by atoms with Crippen LogP contribution in [0.1, 0.15) is 19.8 Å². The Morgan fingerprint density at radius 2 is 2.23 bits per heavy atom. The van der Waals surface area contributed by atoms with Crippen LogP contribution < -0.4 is 11.5 Å². The van der Waals surface area contributed by atoms with Crippen molar-refractivity contribution >= 4 is 5.91 Å². The van der Waals surface area contributed by atoms with Crippen LogP contribution in [0, 0.1) is 5.92 Å². The maximum Gasteiger partial charge on any atom is 0.218 e. The van der Waals surface area contributed by atoms with E-state index >= 15 is 0 Å². The molecule has 76 valence electrons. The first-order valence-electron chi connectivity index (χ1n) is 4.84. The molecule has 2 unspecified atom stereocenters. The van der Waals surface area contributed by atoms with Crippen molar-refractivity contribution in [2.45, 2.75) is 25.8 Å². The first kappa shape index (κ1) is 10.5. The predicted octanol–water partition coefficient (Wildman–Crippen LogP) is -0.469. The molecule has 1 fully saturated rings. The van der Waals surface area contributed by atoms with Crippen molar-refractivity contribution in [3.05, 3.63) is 0 Å². The van der Waals surface area contributed by atoms with Crippen LogP contribution in [0.25, 0.3) is 0 Å². The van der Waals surface area contributed by atoms with Gasteiger partial charge in [-0.25, -0.2) is 0 Å². The highest BCUT2D eigenvalue weighted by Gasteiger charge is 2.21. The van der Waals surface area contributed by atoms with Crippen molar-refractivity contribution in [2.75, 3.05) is 19.6 Å². The van der Waals surface area contributed by atoms with Crippen LogP contribution in [0.5, 0.6) is 0 Å². The van der Waals surface area contributed by atoms with Gasteiger partial charge in [0.25, 0.3) is 0 Å². The molecule has 13 heavy (non-hydrogen) atoms. The number of carbonyl (C=O) groups excluding carboxylic acids is 1. The Bertz CT molecular complexity index is 174. The second-order valence-corrected chi connectivity index (χ2v) is 4.08. The quantitative estimate of drug-likeness (QED) is 0.624. The molecule has 2 atom stereocenters.